The predicted octanol–water partition coefficient (Wildman–Crippen LogP) is 5.70. The van der Waals surface area contributed by atoms with Crippen LogP contribution >= 0.6 is 34.4 Å². The summed E-state index contributed by atoms with van der Waals surface area (Å²) in [6.45, 7) is -0.237. The molecular formula is C30H20FN3O4S3. The van der Waals surface area contributed by atoms with Crippen molar-refractivity contribution >= 4 is 74.3 Å². The molecule has 11 heteroatoms. The van der Waals surface area contributed by atoms with E-state index in [-0.39, 0.29) is 23.2 Å². The number of aromatic nitrogens is 1. The van der Waals surface area contributed by atoms with Crippen LogP contribution in [0.1, 0.15) is 15.7 Å². The van der Waals surface area contributed by atoms with Gasteiger partial charge in [0.05, 0.1) is 16.6 Å². The van der Waals surface area contributed by atoms with E-state index >= 15 is 0 Å². The number of rotatable bonds is 5. The van der Waals surface area contributed by atoms with Crippen LogP contribution in [0.4, 0.5) is 15.8 Å². The van der Waals surface area contributed by atoms with Crippen LogP contribution in [-0.4, -0.2) is 27.5 Å². The number of benzene rings is 3. The first-order valence-corrected chi connectivity index (χ1v) is 15.3. The first-order chi connectivity index (χ1) is 19.9. The third-order valence-electron chi connectivity index (χ3n) is 7.35. The molecule has 0 radical (unpaired) electrons. The molecule has 0 bridgehead atoms. The lowest BCUT2D eigenvalue weighted by molar-refractivity contribution is -0.122. The van der Waals surface area contributed by atoms with Crippen molar-refractivity contribution in [2.75, 3.05) is 10.2 Å². The van der Waals surface area contributed by atoms with E-state index in [9.17, 15) is 23.6 Å². The molecule has 0 saturated carbocycles. The van der Waals surface area contributed by atoms with Gasteiger partial charge in [-0.3, -0.25) is 23.7 Å². The Morgan fingerprint density at radius 2 is 1.68 bits per heavy atom. The minimum Gasteiger partial charge on any atom is -0.324 e. The molecule has 5 aromatic rings. The van der Waals surface area contributed by atoms with Crippen LogP contribution < -0.4 is 15.1 Å². The molecule has 1 saturated heterocycles. The topological polar surface area (TPSA) is 88.5 Å². The summed E-state index contributed by atoms with van der Waals surface area (Å²) in [6, 6.07) is 22.3. The number of thiazole rings is 1. The fraction of sp³-hybridized carbons (Fsp3) is 0.133. The van der Waals surface area contributed by atoms with Gasteiger partial charge >= 0.3 is 4.87 Å². The Kier molecular flexibility index (Phi) is 6.37. The lowest BCUT2D eigenvalue weighted by Gasteiger charge is -2.29. The number of imide groups is 1. The Bertz CT molecular complexity index is 1890. The molecule has 2 aliphatic heterocycles. The van der Waals surface area contributed by atoms with E-state index in [1.165, 1.54) is 40.2 Å². The largest absolute Gasteiger partial charge is 0.324 e. The first kappa shape index (κ1) is 25.9. The molecule has 3 amide bonds. The summed E-state index contributed by atoms with van der Waals surface area (Å²) in [5.41, 5.74) is 0.942. The Labute approximate surface area is 245 Å². The summed E-state index contributed by atoms with van der Waals surface area (Å²) >= 11 is 3.61. The highest BCUT2D eigenvalue weighted by molar-refractivity contribution is 8.00. The Morgan fingerprint density at radius 1 is 0.902 bits per heavy atom. The Morgan fingerprint density at radius 3 is 2.46 bits per heavy atom. The zero-order valence-electron chi connectivity index (χ0n) is 21.2. The van der Waals surface area contributed by atoms with Crippen molar-refractivity contribution in [3.05, 3.63) is 109 Å². The number of hydrogen-bond acceptors (Lipinski definition) is 7. The summed E-state index contributed by atoms with van der Waals surface area (Å²) in [6.07, 6.45) is 0. The number of halogens is 1. The standard InChI is InChI=1S/C30H20FN3O4S3/c31-17-10-12-18(13-11-17)34-27(36)24-23(21-9-4-14-39-21)26-29(40-25(24)28(34)37)33(30(38)41-26)15-22(35)32-20-8-3-6-16-5-1-2-7-19(16)20/h1-14,23-25H,15H2,(H,32,35)/t23-,24-,25+/m0/s1. The second-order valence-corrected chi connectivity index (χ2v) is 12.8. The van der Waals surface area contributed by atoms with Crippen LogP contribution in [0.5, 0.6) is 0 Å². The molecule has 0 aliphatic carbocycles. The van der Waals surface area contributed by atoms with Crippen LogP contribution in [0.2, 0.25) is 0 Å². The number of nitrogens with one attached hydrogen (secondary N) is 1. The van der Waals surface area contributed by atoms with Gasteiger partial charge < -0.3 is 5.32 Å². The van der Waals surface area contributed by atoms with E-state index in [4.69, 9.17) is 0 Å². The van der Waals surface area contributed by atoms with Gasteiger partial charge in [0.15, 0.2) is 0 Å². The summed E-state index contributed by atoms with van der Waals surface area (Å²) < 4.78 is 15.0. The molecule has 0 spiro atoms. The predicted molar refractivity (Wildman–Crippen MR) is 159 cm³/mol. The number of hydrogen-bond donors (Lipinski definition) is 1. The number of carbonyl (C=O) groups is 3. The summed E-state index contributed by atoms with van der Waals surface area (Å²) in [7, 11) is 0. The van der Waals surface area contributed by atoms with Crippen LogP contribution in [-0.2, 0) is 20.9 Å². The average molecular weight is 602 g/mol. The van der Waals surface area contributed by atoms with Gasteiger partial charge in [-0.25, -0.2) is 9.29 Å². The number of amides is 3. The van der Waals surface area contributed by atoms with Gasteiger partial charge in [0.25, 0.3) is 0 Å². The van der Waals surface area contributed by atoms with Crippen molar-refractivity contribution in [1.82, 2.24) is 4.57 Å². The molecular weight excluding hydrogens is 582 g/mol. The number of nitrogens with zero attached hydrogens (tertiary/aromatic N) is 2. The molecule has 3 atom stereocenters. The molecule has 0 unspecified atom stereocenters. The number of carbonyl (C=O) groups excluding carboxylic acids is 3. The molecule has 204 valence electrons. The molecule has 1 fully saturated rings. The van der Waals surface area contributed by atoms with E-state index < -0.39 is 28.8 Å². The maximum absolute atomic E-state index is 13.8. The van der Waals surface area contributed by atoms with E-state index in [0.29, 0.717) is 21.3 Å². The molecule has 2 aromatic heterocycles. The minimum absolute atomic E-state index is 0.237. The van der Waals surface area contributed by atoms with E-state index in [2.05, 4.69) is 5.32 Å². The summed E-state index contributed by atoms with van der Waals surface area (Å²) in [4.78, 5) is 56.4. The molecule has 4 heterocycles. The third-order valence-corrected chi connectivity index (χ3v) is 10.9. The van der Waals surface area contributed by atoms with Gasteiger partial charge in [-0.05, 0) is 47.2 Å². The van der Waals surface area contributed by atoms with Crippen molar-refractivity contribution in [2.45, 2.75) is 22.7 Å². The smallest absolute Gasteiger partial charge is 0.308 e. The van der Waals surface area contributed by atoms with Crippen molar-refractivity contribution in [1.29, 1.82) is 0 Å². The zero-order valence-corrected chi connectivity index (χ0v) is 23.6. The number of anilines is 2. The maximum Gasteiger partial charge on any atom is 0.308 e. The van der Waals surface area contributed by atoms with Crippen molar-refractivity contribution in [3.8, 4) is 0 Å². The van der Waals surface area contributed by atoms with Gasteiger partial charge in [0, 0.05) is 26.7 Å². The second kappa shape index (κ2) is 10.1. The van der Waals surface area contributed by atoms with Gasteiger partial charge in [-0.1, -0.05) is 65.6 Å². The fourth-order valence-electron chi connectivity index (χ4n) is 5.54. The van der Waals surface area contributed by atoms with Crippen LogP contribution in [0, 0.1) is 11.7 Å². The highest BCUT2D eigenvalue weighted by atomic mass is 32.2. The van der Waals surface area contributed by atoms with E-state index in [0.717, 1.165) is 43.6 Å². The molecule has 7 nitrogen and oxygen atoms in total. The lowest BCUT2D eigenvalue weighted by atomic mass is 9.87. The van der Waals surface area contributed by atoms with Gasteiger partial charge in [0.1, 0.15) is 17.6 Å². The summed E-state index contributed by atoms with van der Waals surface area (Å²) in [5.74, 6) is -2.90. The second-order valence-electron chi connectivity index (χ2n) is 9.74. The van der Waals surface area contributed by atoms with Gasteiger partial charge in [-0.15, -0.1) is 11.3 Å². The number of thioether (sulfide) groups is 1. The molecule has 7 rings (SSSR count). The SMILES string of the molecule is O=C(Cn1c2c(sc1=O)[C@@H](c1cccs1)[C@@H]1C(=O)N(c3ccc(F)cc3)C(=O)[C@@H]1S2)Nc1cccc2ccccc12. The zero-order chi connectivity index (χ0) is 28.2. The molecule has 2 aliphatic rings. The molecule has 41 heavy (non-hydrogen) atoms. The highest BCUT2D eigenvalue weighted by Crippen LogP contribution is 2.54. The van der Waals surface area contributed by atoms with E-state index in [1.54, 1.807) is 0 Å². The first-order valence-electron chi connectivity index (χ1n) is 12.8. The van der Waals surface area contributed by atoms with Crippen LogP contribution in [0.15, 0.2) is 94.1 Å². The van der Waals surface area contributed by atoms with E-state index in [1.807, 2.05) is 60.0 Å². The monoisotopic (exact) mass is 601 g/mol. The number of thiophene rings is 1. The third kappa shape index (κ3) is 4.32. The van der Waals surface area contributed by atoms with Crippen molar-refractivity contribution < 1.29 is 18.8 Å². The van der Waals surface area contributed by atoms with Crippen LogP contribution in [0.3, 0.4) is 0 Å². The Hall–Kier alpha value is -4.06. The van der Waals surface area contributed by atoms with Gasteiger partial charge in [-0.2, -0.15) is 0 Å². The average Bonchev–Trinajstić information content (AvgIpc) is 3.67. The van der Waals surface area contributed by atoms with Crippen molar-refractivity contribution in [2.24, 2.45) is 5.92 Å². The fourth-order valence-corrected chi connectivity index (χ4v) is 9.26. The lowest BCUT2D eigenvalue weighted by Crippen LogP contribution is -2.32. The van der Waals surface area contributed by atoms with Crippen molar-refractivity contribution in [3.63, 3.8) is 0 Å². The Balaban J connectivity index is 1.25. The number of fused-ring (bicyclic) bond motifs is 3. The highest BCUT2D eigenvalue weighted by Gasteiger charge is 2.57. The quantitative estimate of drug-likeness (QED) is 0.261. The van der Waals surface area contributed by atoms with Gasteiger partial charge in [0.2, 0.25) is 17.7 Å². The maximum atomic E-state index is 13.8. The molecule has 3 aromatic carbocycles. The summed E-state index contributed by atoms with van der Waals surface area (Å²) in [5, 5.41) is 6.41. The van der Waals surface area contributed by atoms with Crippen LogP contribution in [0.25, 0.3) is 10.8 Å². The normalized spacial score (nSPS) is 19.8. The molecule has 1 N–H and O–H groups in total. The minimum atomic E-state index is -0.798.